The van der Waals surface area contributed by atoms with Crippen LogP contribution in [0.1, 0.15) is 33.1 Å². The summed E-state index contributed by atoms with van der Waals surface area (Å²) in [4.78, 5) is 0. The topological polar surface area (TPSA) is 79.2 Å². The van der Waals surface area contributed by atoms with Crippen LogP contribution in [0.3, 0.4) is 0 Å². The summed E-state index contributed by atoms with van der Waals surface area (Å²) in [5, 5.41) is 27.3. The Morgan fingerprint density at radius 3 is 2.28 bits per heavy atom. The first-order chi connectivity index (χ1) is 8.60. The zero-order valence-electron chi connectivity index (χ0n) is 11.5. The van der Waals surface area contributed by atoms with Gasteiger partial charge in [0.1, 0.15) is 6.10 Å². The Morgan fingerprint density at radius 1 is 1.00 bits per heavy atom. The van der Waals surface area contributed by atoms with Crippen LogP contribution in [0.2, 0.25) is 0 Å². The molecule has 0 bridgehead atoms. The van der Waals surface area contributed by atoms with Crippen molar-refractivity contribution in [3.05, 3.63) is 0 Å². The summed E-state index contributed by atoms with van der Waals surface area (Å²) in [6, 6.07) is 0. The largest absolute Gasteiger partial charge is 0.396 e. The lowest BCUT2D eigenvalue weighted by Crippen LogP contribution is -2.28. The summed E-state index contributed by atoms with van der Waals surface area (Å²) >= 11 is 0. The second-order valence-electron chi connectivity index (χ2n) is 4.94. The zero-order chi connectivity index (χ0) is 13.8. The molecule has 2 atom stereocenters. The van der Waals surface area contributed by atoms with Crippen molar-refractivity contribution in [1.82, 2.24) is 0 Å². The number of hydrogen-bond donors (Lipinski definition) is 3. The Balaban J connectivity index is 3.53. The second-order valence-corrected chi connectivity index (χ2v) is 4.94. The van der Waals surface area contributed by atoms with Gasteiger partial charge in [0.25, 0.3) is 0 Å². The highest BCUT2D eigenvalue weighted by atomic mass is 16.5. The summed E-state index contributed by atoms with van der Waals surface area (Å²) < 4.78 is 10.8. The van der Waals surface area contributed by atoms with Crippen molar-refractivity contribution in [1.29, 1.82) is 0 Å². The molecule has 0 fully saturated rings. The number of aliphatic hydroxyl groups is 3. The smallest absolute Gasteiger partial charge is 0.104 e. The van der Waals surface area contributed by atoms with Crippen LogP contribution in [0.25, 0.3) is 0 Å². The minimum Gasteiger partial charge on any atom is -0.396 e. The Hall–Kier alpha value is -0.200. The number of rotatable bonds is 12. The Kier molecular flexibility index (Phi) is 11.7. The van der Waals surface area contributed by atoms with Crippen molar-refractivity contribution in [2.45, 2.75) is 45.3 Å². The molecule has 0 radical (unpaired) electrons. The molecule has 3 N–H and O–H groups in total. The Labute approximate surface area is 110 Å². The van der Waals surface area contributed by atoms with Crippen LogP contribution >= 0.6 is 0 Å². The standard InChI is InChI=1S/C13H28O5/c1-11(2)8-18-13(7-15)10-17-9-12(16)5-3-4-6-14/h11-16H,3-10H2,1-2H3. The molecule has 110 valence electrons. The summed E-state index contributed by atoms with van der Waals surface area (Å²) in [5.74, 6) is 0.420. The van der Waals surface area contributed by atoms with E-state index in [0.717, 1.165) is 6.42 Å². The van der Waals surface area contributed by atoms with Crippen LogP contribution in [0.5, 0.6) is 0 Å². The van der Waals surface area contributed by atoms with Crippen LogP contribution in [0, 0.1) is 5.92 Å². The van der Waals surface area contributed by atoms with E-state index < -0.39 is 6.10 Å². The molecule has 5 nitrogen and oxygen atoms in total. The molecule has 0 heterocycles. The summed E-state index contributed by atoms with van der Waals surface area (Å²) in [6.07, 6.45) is 1.28. The minimum absolute atomic E-state index is 0.0761. The second kappa shape index (κ2) is 11.9. The first-order valence-electron chi connectivity index (χ1n) is 6.69. The highest BCUT2D eigenvalue weighted by Crippen LogP contribution is 2.03. The molecule has 0 rings (SSSR count). The van der Waals surface area contributed by atoms with Crippen LogP contribution in [-0.2, 0) is 9.47 Å². The maximum Gasteiger partial charge on any atom is 0.104 e. The van der Waals surface area contributed by atoms with Gasteiger partial charge in [-0.25, -0.2) is 0 Å². The van der Waals surface area contributed by atoms with E-state index in [0.29, 0.717) is 32.0 Å². The van der Waals surface area contributed by atoms with Gasteiger partial charge in [0.05, 0.1) is 25.9 Å². The summed E-state index contributed by atoms with van der Waals surface area (Å²) in [6.45, 7) is 5.29. The molecule has 0 aromatic heterocycles. The molecule has 0 aliphatic carbocycles. The van der Waals surface area contributed by atoms with Crippen molar-refractivity contribution >= 4 is 0 Å². The Morgan fingerprint density at radius 2 is 1.72 bits per heavy atom. The van der Waals surface area contributed by atoms with E-state index in [1.54, 1.807) is 0 Å². The van der Waals surface area contributed by atoms with Crippen molar-refractivity contribution < 1.29 is 24.8 Å². The number of ether oxygens (including phenoxy) is 2. The fourth-order valence-electron chi connectivity index (χ4n) is 1.39. The van der Waals surface area contributed by atoms with Crippen LogP contribution in [0.15, 0.2) is 0 Å². The van der Waals surface area contributed by atoms with Gasteiger partial charge < -0.3 is 24.8 Å². The van der Waals surface area contributed by atoms with Gasteiger partial charge in [0.2, 0.25) is 0 Å². The average Bonchev–Trinajstić information content (AvgIpc) is 2.33. The summed E-state index contributed by atoms with van der Waals surface area (Å²) in [7, 11) is 0. The third-order valence-electron chi connectivity index (χ3n) is 2.43. The molecule has 18 heavy (non-hydrogen) atoms. The van der Waals surface area contributed by atoms with E-state index in [4.69, 9.17) is 19.7 Å². The molecule has 0 aliphatic heterocycles. The predicted octanol–water partition coefficient (Wildman–Crippen LogP) is 0.560. The van der Waals surface area contributed by atoms with Crippen molar-refractivity contribution in [2.24, 2.45) is 5.92 Å². The van der Waals surface area contributed by atoms with Crippen LogP contribution in [0.4, 0.5) is 0 Å². The molecular weight excluding hydrogens is 236 g/mol. The van der Waals surface area contributed by atoms with Gasteiger partial charge in [0.15, 0.2) is 0 Å². The zero-order valence-corrected chi connectivity index (χ0v) is 11.5. The molecule has 5 heteroatoms. The first kappa shape index (κ1) is 17.8. The van der Waals surface area contributed by atoms with E-state index >= 15 is 0 Å². The van der Waals surface area contributed by atoms with E-state index in [-0.39, 0.29) is 25.9 Å². The fraction of sp³-hybridized carbons (Fsp3) is 1.00. The van der Waals surface area contributed by atoms with Gasteiger partial charge in [-0.2, -0.15) is 0 Å². The lowest BCUT2D eigenvalue weighted by Gasteiger charge is -2.18. The molecule has 0 spiro atoms. The lowest BCUT2D eigenvalue weighted by atomic mass is 10.2. The van der Waals surface area contributed by atoms with Gasteiger partial charge in [0, 0.05) is 13.2 Å². The molecule has 0 amide bonds. The summed E-state index contributed by atoms with van der Waals surface area (Å²) in [5.41, 5.74) is 0. The van der Waals surface area contributed by atoms with E-state index in [1.165, 1.54) is 0 Å². The number of hydrogen-bond acceptors (Lipinski definition) is 5. The molecular formula is C13H28O5. The van der Waals surface area contributed by atoms with E-state index in [9.17, 15) is 5.11 Å². The predicted molar refractivity (Wildman–Crippen MR) is 69.4 cm³/mol. The quantitative estimate of drug-likeness (QED) is 0.449. The first-order valence-corrected chi connectivity index (χ1v) is 6.69. The third-order valence-corrected chi connectivity index (χ3v) is 2.43. The maximum atomic E-state index is 9.57. The lowest BCUT2D eigenvalue weighted by molar-refractivity contribution is -0.0651. The van der Waals surface area contributed by atoms with Gasteiger partial charge in [-0.1, -0.05) is 13.8 Å². The number of aliphatic hydroxyl groups excluding tert-OH is 3. The SMILES string of the molecule is CC(C)COC(CO)COCC(O)CCCCO. The minimum atomic E-state index is -0.513. The van der Waals surface area contributed by atoms with Gasteiger partial charge >= 0.3 is 0 Å². The molecule has 0 aromatic carbocycles. The molecule has 2 unspecified atom stereocenters. The van der Waals surface area contributed by atoms with Crippen molar-refractivity contribution in [3.63, 3.8) is 0 Å². The fourth-order valence-corrected chi connectivity index (χ4v) is 1.39. The monoisotopic (exact) mass is 264 g/mol. The Bertz CT molecular complexity index is 175. The highest BCUT2D eigenvalue weighted by Gasteiger charge is 2.11. The third kappa shape index (κ3) is 10.9. The normalized spacial score (nSPS) is 15.0. The molecule has 0 aromatic rings. The van der Waals surface area contributed by atoms with Crippen LogP contribution < -0.4 is 0 Å². The maximum absolute atomic E-state index is 9.57. The van der Waals surface area contributed by atoms with Gasteiger partial charge in [-0.15, -0.1) is 0 Å². The molecule has 0 saturated heterocycles. The molecule has 0 aliphatic rings. The number of unbranched alkanes of at least 4 members (excludes halogenated alkanes) is 1. The van der Waals surface area contributed by atoms with Crippen molar-refractivity contribution in [3.8, 4) is 0 Å². The van der Waals surface area contributed by atoms with E-state index in [2.05, 4.69) is 0 Å². The van der Waals surface area contributed by atoms with Crippen LogP contribution in [-0.4, -0.2) is 60.6 Å². The van der Waals surface area contributed by atoms with Crippen molar-refractivity contribution in [2.75, 3.05) is 33.0 Å². The van der Waals surface area contributed by atoms with E-state index in [1.807, 2.05) is 13.8 Å². The molecule has 0 saturated carbocycles. The van der Waals surface area contributed by atoms with Gasteiger partial charge in [-0.05, 0) is 25.2 Å². The van der Waals surface area contributed by atoms with Gasteiger partial charge in [-0.3, -0.25) is 0 Å². The highest BCUT2D eigenvalue weighted by molar-refractivity contribution is 4.58. The average molecular weight is 264 g/mol.